The molecule has 0 saturated carbocycles. The highest BCUT2D eigenvalue weighted by Gasteiger charge is 2.29. The number of nitrogens with one attached hydrogen (secondary N) is 1. The minimum absolute atomic E-state index is 0.182. The molecule has 0 amide bonds. The van der Waals surface area contributed by atoms with Crippen molar-refractivity contribution >= 4 is 23.2 Å². The maximum Gasteiger partial charge on any atom is 0.166 e. The number of benzene rings is 1. The van der Waals surface area contributed by atoms with Crippen molar-refractivity contribution in [2.24, 2.45) is 5.92 Å². The first-order valence-electron chi connectivity index (χ1n) is 7.06. The first kappa shape index (κ1) is 15.5. The lowest BCUT2D eigenvalue weighted by Gasteiger charge is -2.25. The minimum Gasteiger partial charge on any atom is -0.482 e. The summed E-state index contributed by atoms with van der Waals surface area (Å²) in [5.74, 6) is -0.0601. The zero-order valence-corrected chi connectivity index (χ0v) is 13.2. The van der Waals surface area contributed by atoms with Crippen LogP contribution < -0.4 is 10.1 Å². The molecule has 22 heavy (non-hydrogen) atoms. The van der Waals surface area contributed by atoms with Crippen LogP contribution in [0.4, 0.5) is 4.39 Å². The van der Waals surface area contributed by atoms with Crippen molar-refractivity contribution in [1.82, 2.24) is 10.3 Å². The van der Waals surface area contributed by atoms with Gasteiger partial charge in [0.1, 0.15) is 6.10 Å². The van der Waals surface area contributed by atoms with Gasteiger partial charge in [0.2, 0.25) is 0 Å². The number of nitrogens with zero attached hydrogens (tertiary/aromatic N) is 1. The summed E-state index contributed by atoms with van der Waals surface area (Å²) in [6.45, 7) is 1.73. The molecule has 0 spiro atoms. The van der Waals surface area contributed by atoms with Gasteiger partial charge in [-0.25, -0.2) is 4.39 Å². The standard InChI is InChI=1S/C16H15Cl2FN2O/c17-12-1-2-15(14(19)6-12)22-16(10-3-4-20-7-10)11-5-13(18)9-21-8-11/h1-2,5-6,8-10,16,20H,3-4,7H2/t10-,16+/m1/s1. The van der Waals surface area contributed by atoms with E-state index in [2.05, 4.69) is 10.3 Å². The Balaban J connectivity index is 1.91. The molecule has 1 aromatic heterocycles. The van der Waals surface area contributed by atoms with Crippen molar-refractivity contribution in [1.29, 1.82) is 0 Å². The van der Waals surface area contributed by atoms with E-state index >= 15 is 0 Å². The third-order valence-corrected chi connectivity index (χ3v) is 4.17. The first-order chi connectivity index (χ1) is 10.6. The van der Waals surface area contributed by atoms with E-state index in [1.54, 1.807) is 24.5 Å². The minimum atomic E-state index is -0.474. The summed E-state index contributed by atoms with van der Waals surface area (Å²) in [6, 6.07) is 6.22. The summed E-state index contributed by atoms with van der Waals surface area (Å²) >= 11 is 11.8. The van der Waals surface area contributed by atoms with Crippen LogP contribution >= 0.6 is 23.2 Å². The SMILES string of the molecule is Fc1cc(Cl)ccc1O[C@H](c1cncc(Cl)c1)[C@@H]1CCNC1. The third kappa shape index (κ3) is 3.51. The van der Waals surface area contributed by atoms with Crippen LogP contribution in [0.15, 0.2) is 36.7 Å². The largest absolute Gasteiger partial charge is 0.482 e. The van der Waals surface area contributed by atoms with Gasteiger partial charge >= 0.3 is 0 Å². The Hall–Kier alpha value is -1.36. The molecule has 1 fully saturated rings. The molecular formula is C16H15Cl2FN2O. The van der Waals surface area contributed by atoms with Crippen molar-refractivity contribution < 1.29 is 9.13 Å². The maximum atomic E-state index is 14.0. The predicted molar refractivity (Wildman–Crippen MR) is 85.0 cm³/mol. The molecule has 3 rings (SSSR count). The molecule has 0 unspecified atom stereocenters. The Labute approximate surface area is 138 Å². The van der Waals surface area contributed by atoms with Gasteiger partial charge < -0.3 is 10.1 Å². The van der Waals surface area contributed by atoms with Gasteiger partial charge in [0, 0.05) is 35.4 Å². The summed E-state index contributed by atoms with van der Waals surface area (Å²) in [6.07, 6.45) is 3.92. The molecule has 0 radical (unpaired) electrons. The number of ether oxygens (including phenoxy) is 1. The molecule has 0 aliphatic carbocycles. The predicted octanol–water partition coefficient (Wildman–Crippen LogP) is 4.26. The van der Waals surface area contributed by atoms with Crippen LogP contribution in [-0.4, -0.2) is 18.1 Å². The van der Waals surface area contributed by atoms with Crippen molar-refractivity contribution in [3.63, 3.8) is 0 Å². The van der Waals surface area contributed by atoms with E-state index in [9.17, 15) is 4.39 Å². The topological polar surface area (TPSA) is 34.1 Å². The van der Waals surface area contributed by atoms with Crippen LogP contribution in [0.3, 0.4) is 0 Å². The quantitative estimate of drug-likeness (QED) is 0.902. The number of halogens is 3. The summed E-state index contributed by atoms with van der Waals surface area (Å²) in [7, 11) is 0. The second-order valence-corrected chi connectivity index (χ2v) is 6.18. The lowest BCUT2D eigenvalue weighted by atomic mass is 9.96. The fourth-order valence-electron chi connectivity index (χ4n) is 2.66. The van der Waals surface area contributed by atoms with E-state index in [0.29, 0.717) is 10.0 Å². The van der Waals surface area contributed by atoms with Crippen LogP contribution in [0.5, 0.6) is 5.75 Å². The molecule has 3 nitrogen and oxygen atoms in total. The molecule has 1 saturated heterocycles. The highest BCUT2D eigenvalue weighted by Crippen LogP contribution is 2.34. The Morgan fingerprint density at radius 1 is 1.23 bits per heavy atom. The normalized spacial score (nSPS) is 19.1. The zero-order chi connectivity index (χ0) is 15.5. The lowest BCUT2D eigenvalue weighted by molar-refractivity contribution is 0.138. The van der Waals surface area contributed by atoms with Crippen LogP contribution in [0.2, 0.25) is 10.0 Å². The van der Waals surface area contributed by atoms with Gasteiger partial charge in [0.25, 0.3) is 0 Å². The van der Waals surface area contributed by atoms with E-state index in [0.717, 1.165) is 25.1 Å². The molecule has 1 N–H and O–H groups in total. The number of aromatic nitrogens is 1. The molecule has 6 heteroatoms. The van der Waals surface area contributed by atoms with Crippen LogP contribution in [-0.2, 0) is 0 Å². The van der Waals surface area contributed by atoms with Crippen molar-refractivity contribution in [3.05, 3.63) is 58.1 Å². The monoisotopic (exact) mass is 340 g/mol. The molecular weight excluding hydrogens is 326 g/mol. The summed E-state index contributed by atoms with van der Waals surface area (Å²) < 4.78 is 20.0. The number of rotatable bonds is 4. The number of hydrogen-bond acceptors (Lipinski definition) is 3. The smallest absolute Gasteiger partial charge is 0.166 e. The Morgan fingerprint density at radius 2 is 2.09 bits per heavy atom. The van der Waals surface area contributed by atoms with E-state index in [1.165, 1.54) is 6.07 Å². The molecule has 2 atom stereocenters. The summed E-state index contributed by atoms with van der Waals surface area (Å²) in [5.41, 5.74) is 0.843. The Kier molecular flexibility index (Phi) is 4.81. The third-order valence-electron chi connectivity index (χ3n) is 3.73. The van der Waals surface area contributed by atoms with Gasteiger partial charge in [0.05, 0.1) is 5.02 Å². The highest BCUT2D eigenvalue weighted by atomic mass is 35.5. The van der Waals surface area contributed by atoms with E-state index in [1.807, 2.05) is 6.07 Å². The fraction of sp³-hybridized carbons (Fsp3) is 0.312. The Morgan fingerprint density at radius 3 is 2.77 bits per heavy atom. The maximum absolute atomic E-state index is 14.0. The van der Waals surface area contributed by atoms with E-state index in [-0.39, 0.29) is 17.8 Å². The van der Waals surface area contributed by atoms with Gasteiger partial charge in [0.15, 0.2) is 11.6 Å². The second kappa shape index (κ2) is 6.82. The van der Waals surface area contributed by atoms with Gasteiger partial charge in [-0.05, 0) is 37.2 Å². The fourth-order valence-corrected chi connectivity index (χ4v) is 3.00. The average Bonchev–Trinajstić information content (AvgIpc) is 3.00. The number of hydrogen-bond donors (Lipinski definition) is 1. The lowest BCUT2D eigenvalue weighted by Crippen LogP contribution is -2.22. The van der Waals surface area contributed by atoms with Crippen LogP contribution in [0.1, 0.15) is 18.1 Å². The van der Waals surface area contributed by atoms with Gasteiger partial charge in [-0.15, -0.1) is 0 Å². The van der Waals surface area contributed by atoms with Crippen molar-refractivity contribution in [3.8, 4) is 5.75 Å². The molecule has 1 aliphatic heterocycles. The highest BCUT2D eigenvalue weighted by molar-refractivity contribution is 6.30. The van der Waals surface area contributed by atoms with Crippen molar-refractivity contribution in [2.45, 2.75) is 12.5 Å². The van der Waals surface area contributed by atoms with Gasteiger partial charge in [-0.2, -0.15) is 0 Å². The summed E-state index contributed by atoms with van der Waals surface area (Å²) in [4.78, 5) is 4.11. The zero-order valence-electron chi connectivity index (χ0n) is 11.7. The molecule has 2 heterocycles. The Bertz CT molecular complexity index is 662. The first-order valence-corrected chi connectivity index (χ1v) is 7.82. The summed E-state index contributed by atoms with van der Waals surface area (Å²) in [5, 5.41) is 4.18. The van der Waals surface area contributed by atoms with Gasteiger partial charge in [-0.3, -0.25) is 4.98 Å². The molecule has 0 bridgehead atoms. The molecule has 1 aliphatic rings. The van der Waals surface area contributed by atoms with E-state index < -0.39 is 5.82 Å². The van der Waals surface area contributed by atoms with E-state index in [4.69, 9.17) is 27.9 Å². The molecule has 1 aromatic carbocycles. The number of pyridine rings is 1. The molecule has 2 aromatic rings. The average molecular weight is 341 g/mol. The van der Waals surface area contributed by atoms with Crippen molar-refractivity contribution in [2.75, 3.05) is 13.1 Å². The second-order valence-electron chi connectivity index (χ2n) is 5.30. The van der Waals surface area contributed by atoms with Crippen LogP contribution in [0, 0.1) is 11.7 Å². The van der Waals surface area contributed by atoms with Crippen LogP contribution in [0.25, 0.3) is 0 Å². The van der Waals surface area contributed by atoms with Gasteiger partial charge in [-0.1, -0.05) is 23.2 Å². The molecule has 116 valence electrons.